The molecule has 0 unspecified atom stereocenters. The third-order valence-corrected chi connectivity index (χ3v) is 5.43. The van der Waals surface area contributed by atoms with Gasteiger partial charge in [0.2, 0.25) is 5.88 Å². The highest BCUT2D eigenvalue weighted by Crippen LogP contribution is 2.30. The van der Waals surface area contributed by atoms with Crippen LogP contribution in [0, 0.1) is 6.92 Å². The van der Waals surface area contributed by atoms with Crippen LogP contribution in [0.5, 0.6) is 5.88 Å². The Bertz CT molecular complexity index is 972. The fraction of sp³-hybridized carbons (Fsp3) is 0.333. The molecule has 5 heteroatoms. The summed E-state index contributed by atoms with van der Waals surface area (Å²) in [6, 6.07) is 16.4. The van der Waals surface area contributed by atoms with Crippen LogP contribution >= 0.6 is 0 Å². The van der Waals surface area contributed by atoms with Crippen molar-refractivity contribution in [2.24, 2.45) is 0 Å². The minimum Gasteiger partial charge on any atom is -0.472 e. The van der Waals surface area contributed by atoms with E-state index in [0.717, 1.165) is 48.4 Å². The van der Waals surface area contributed by atoms with Gasteiger partial charge in [-0.3, -0.25) is 0 Å². The maximum atomic E-state index is 9.97. The molecule has 1 saturated heterocycles. The minimum absolute atomic E-state index is 0.0808. The first-order chi connectivity index (χ1) is 14.2. The number of anilines is 1. The zero-order valence-electron chi connectivity index (χ0n) is 17.0. The van der Waals surface area contributed by atoms with E-state index in [0.29, 0.717) is 11.6 Å². The number of aromatic nitrogens is 2. The van der Waals surface area contributed by atoms with E-state index >= 15 is 0 Å². The number of hydrogen-bond donors (Lipinski definition) is 1. The van der Waals surface area contributed by atoms with E-state index in [-0.39, 0.29) is 12.7 Å². The Balaban J connectivity index is 1.52. The molecule has 150 valence electrons. The van der Waals surface area contributed by atoms with Crippen LogP contribution in [0.3, 0.4) is 0 Å². The fourth-order valence-electron chi connectivity index (χ4n) is 3.86. The van der Waals surface area contributed by atoms with Gasteiger partial charge in [0.1, 0.15) is 6.10 Å². The molecule has 0 radical (unpaired) electrons. The minimum atomic E-state index is -0.0843. The van der Waals surface area contributed by atoms with Crippen molar-refractivity contribution < 1.29 is 9.84 Å². The zero-order chi connectivity index (χ0) is 20.2. The van der Waals surface area contributed by atoms with Crippen molar-refractivity contribution >= 4 is 5.69 Å². The molecular formula is C24H27N3O2. The van der Waals surface area contributed by atoms with Gasteiger partial charge in [0, 0.05) is 30.8 Å². The summed E-state index contributed by atoms with van der Waals surface area (Å²) in [5, 5.41) is 9.97. The molecule has 3 aromatic rings. The van der Waals surface area contributed by atoms with Crippen LogP contribution in [0.25, 0.3) is 11.3 Å². The molecule has 0 spiro atoms. The highest BCUT2D eigenvalue weighted by molar-refractivity contribution is 5.67. The summed E-state index contributed by atoms with van der Waals surface area (Å²) in [6.07, 6.45) is 3.77. The zero-order valence-corrected chi connectivity index (χ0v) is 17.0. The van der Waals surface area contributed by atoms with E-state index in [1.54, 1.807) is 0 Å². The Hall–Kier alpha value is -2.92. The molecule has 4 rings (SSSR count). The van der Waals surface area contributed by atoms with Crippen molar-refractivity contribution in [2.45, 2.75) is 39.4 Å². The molecule has 3 heterocycles. The average Bonchev–Trinajstić information content (AvgIpc) is 3.23. The average molecular weight is 389 g/mol. The third-order valence-electron chi connectivity index (χ3n) is 5.43. The summed E-state index contributed by atoms with van der Waals surface area (Å²) in [7, 11) is 0. The van der Waals surface area contributed by atoms with Crippen LogP contribution in [0.2, 0.25) is 0 Å². The monoisotopic (exact) mass is 389 g/mol. The Morgan fingerprint density at radius 3 is 2.76 bits per heavy atom. The van der Waals surface area contributed by atoms with Crippen LogP contribution in [0.1, 0.15) is 30.2 Å². The molecule has 2 aromatic heterocycles. The fourth-order valence-corrected chi connectivity index (χ4v) is 3.86. The number of aliphatic hydroxyl groups is 1. The van der Waals surface area contributed by atoms with Gasteiger partial charge in [-0.1, -0.05) is 37.3 Å². The molecule has 1 atom stereocenters. The van der Waals surface area contributed by atoms with Gasteiger partial charge in [0.05, 0.1) is 30.2 Å². The number of rotatable bonds is 6. The molecule has 5 nitrogen and oxygen atoms in total. The second kappa shape index (κ2) is 8.62. The lowest BCUT2D eigenvalue weighted by molar-refractivity contribution is 0.215. The van der Waals surface area contributed by atoms with Gasteiger partial charge in [0.15, 0.2) is 0 Å². The SMILES string of the molecule is CCc1ccccc1-c1ccc(N2CC[C@H](Oc3ccc(C)cn3)C2)c(CO)n1. The van der Waals surface area contributed by atoms with Gasteiger partial charge in [-0.15, -0.1) is 0 Å². The number of nitrogens with zero attached hydrogens (tertiary/aromatic N) is 3. The summed E-state index contributed by atoms with van der Waals surface area (Å²) in [5.74, 6) is 0.662. The molecule has 1 aliphatic heterocycles. The second-order valence-electron chi connectivity index (χ2n) is 7.48. The smallest absolute Gasteiger partial charge is 0.213 e. The van der Waals surface area contributed by atoms with Crippen molar-refractivity contribution in [1.82, 2.24) is 9.97 Å². The molecule has 1 fully saturated rings. The molecule has 0 bridgehead atoms. The van der Waals surface area contributed by atoms with Crippen LogP contribution < -0.4 is 9.64 Å². The number of ether oxygens (including phenoxy) is 1. The van der Waals surface area contributed by atoms with E-state index < -0.39 is 0 Å². The van der Waals surface area contributed by atoms with Gasteiger partial charge < -0.3 is 14.7 Å². The Labute approximate surface area is 172 Å². The summed E-state index contributed by atoms with van der Waals surface area (Å²) in [5.41, 5.74) is 6.11. The van der Waals surface area contributed by atoms with Gasteiger partial charge in [0.25, 0.3) is 0 Å². The molecule has 1 aromatic carbocycles. The quantitative estimate of drug-likeness (QED) is 0.686. The first-order valence-corrected chi connectivity index (χ1v) is 10.2. The maximum Gasteiger partial charge on any atom is 0.213 e. The summed E-state index contributed by atoms with van der Waals surface area (Å²) >= 11 is 0. The summed E-state index contributed by atoms with van der Waals surface area (Å²) < 4.78 is 6.04. The number of pyridine rings is 2. The lowest BCUT2D eigenvalue weighted by Crippen LogP contribution is -2.26. The molecular weight excluding hydrogens is 362 g/mol. The Kier molecular flexibility index (Phi) is 5.76. The number of benzene rings is 1. The topological polar surface area (TPSA) is 58.5 Å². The van der Waals surface area contributed by atoms with E-state index in [2.05, 4.69) is 47.1 Å². The molecule has 29 heavy (non-hydrogen) atoms. The maximum absolute atomic E-state index is 9.97. The van der Waals surface area contributed by atoms with Crippen molar-refractivity contribution in [3.63, 3.8) is 0 Å². The lowest BCUT2D eigenvalue weighted by Gasteiger charge is -2.22. The molecule has 1 N–H and O–H groups in total. The van der Waals surface area contributed by atoms with Crippen molar-refractivity contribution in [3.05, 3.63) is 71.5 Å². The first-order valence-electron chi connectivity index (χ1n) is 10.2. The normalized spacial score (nSPS) is 16.2. The number of aliphatic hydroxyl groups excluding tert-OH is 1. The predicted octanol–water partition coefficient (Wildman–Crippen LogP) is 4.16. The molecule has 0 amide bonds. The Morgan fingerprint density at radius 2 is 2.00 bits per heavy atom. The van der Waals surface area contributed by atoms with Crippen molar-refractivity contribution in [2.75, 3.05) is 18.0 Å². The van der Waals surface area contributed by atoms with Crippen LogP contribution in [-0.4, -0.2) is 34.3 Å². The van der Waals surface area contributed by atoms with E-state index in [4.69, 9.17) is 9.72 Å². The standard InChI is InChI=1S/C24H27N3O2/c1-3-18-6-4-5-7-20(18)21-9-10-23(22(16-28)26-21)27-13-12-19(15-27)29-24-11-8-17(2)14-25-24/h4-11,14,19,28H,3,12-13,15-16H2,1-2H3/t19-/m0/s1. The molecule has 0 saturated carbocycles. The van der Waals surface area contributed by atoms with Crippen molar-refractivity contribution in [1.29, 1.82) is 0 Å². The van der Waals surface area contributed by atoms with Gasteiger partial charge in [-0.2, -0.15) is 0 Å². The van der Waals surface area contributed by atoms with Crippen molar-refractivity contribution in [3.8, 4) is 17.1 Å². The first kappa shape index (κ1) is 19.4. The van der Waals surface area contributed by atoms with E-state index in [1.165, 1.54) is 5.56 Å². The predicted molar refractivity (Wildman–Crippen MR) is 115 cm³/mol. The summed E-state index contributed by atoms with van der Waals surface area (Å²) in [4.78, 5) is 11.4. The lowest BCUT2D eigenvalue weighted by atomic mass is 10.0. The van der Waals surface area contributed by atoms with Gasteiger partial charge in [-0.05, 0) is 36.6 Å². The number of hydrogen-bond acceptors (Lipinski definition) is 5. The highest BCUT2D eigenvalue weighted by atomic mass is 16.5. The van der Waals surface area contributed by atoms with E-state index in [1.807, 2.05) is 31.3 Å². The molecule has 0 aliphatic carbocycles. The summed E-state index contributed by atoms with van der Waals surface area (Å²) in [6.45, 7) is 5.71. The van der Waals surface area contributed by atoms with Gasteiger partial charge >= 0.3 is 0 Å². The van der Waals surface area contributed by atoms with E-state index in [9.17, 15) is 5.11 Å². The highest BCUT2D eigenvalue weighted by Gasteiger charge is 2.26. The van der Waals surface area contributed by atoms with Gasteiger partial charge in [-0.25, -0.2) is 9.97 Å². The van der Waals surface area contributed by atoms with Crippen LogP contribution in [-0.2, 0) is 13.0 Å². The molecule has 1 aliphatic rings. The Morgan fingerprint density at radius 1 is 1.14 bits per heavy atom. The third kappa shape index (κ3) is 4.25. The van der Waals surface area contributed by atoms with Crippen LogP contribution in [0.4, 0.5) is 5.69 Å². The van der Waals surface area contributed by atoms with Crippen LogP contribution in [0.15, 0.2) is 54.7 Å². The second-order valence-corrected chi connectivity index (χ2v) is 7.48. The number of aryl methyl sites for hydroxylation is 2. The largest absolute Gasteiger partial charge is 0.472 e.